The molecule has 2 N–H and O–H groups in total. The minimum Gasteiger partial charge on any atom is -0.481 e. The first kappa shape index (κ1) is 15.5. The van der Waals surface area contributed by atoms with Gasteiger partial charge < -0.3 is 5.11 Å². The molecule has 1 aliphatic rings. The van der Waals surface area contributed by atoms with Crippen molar-refractivity contribution in [2.24, 2.45) is 0 Å². The summed E-state index contributed by atoms with van der Waals surface area (Å²) in [5, 5.41) is 22.2. The second-order valence-electron chi connectivity index (χ2n) is 5.52. The molecule has 0 bridgehead atoms. The van der Waals surface area contributed by atoms with Gasteiger partial charge in [0.05, 0.1) is 11.7 Å². The average Bonchev–Trinajstić information content (AvgIpc) is 3.23. The molecule has 2 aromatic rings. The molecule has 2 aromatic heterocycles. The van der Waals surface area contributed by atoms with Gasteiger partial charge in [-0.1, -0.05) is 11.3 Å². The topological polar surface area (TPSA) is 139 Å². The molecule has 122 valence electrons. The quantitative estimate of drug-likeness (QED) is 0.737. The van der Waals surface area contributed by atoms with Crippen LogP contribution in [0.1, 0.15) is 36.6 Å². The van der Waals surface area contributed by atoms with Crippen molar-refractivity contribution in [2.45, 2.75) is 41.9 Å². The van der Waals surface area contributed by atoms with E-state index in [0.717, 1.165) is 5.56 Å². The Morgan fingerprint density at radius 3 is 2.70 bits per heavy atom. The van der Waals surface area contributed by atoms with Gasteiger partial charge in [-0.25, -0.2) is 13.4 Å². The largest absolute Gasteiger partial charge is 0.481 e. The number of carboxylic acid groups (broad SMARTS) is 1. The summed E-state index contributed by atoms with van der Waals surface area (Å²) in [6.45, 7) is 0. The molecular weight excluding hydrogens is 322 g/mol. The Labute approximate surface area is 132 Å². The van der Waals surface area contributed by atoms with Gasteiger partial charge in [0.1, 0.15) is 0 Å². The van der Waals surface area contributed by atoms with E-state index in [2.05, 4.69) is 25.6 Å². The van der Waals surface area contributed by atoms with Gasteiger partial charge >= 0.3 is 5.97 Å². The highest BCUT2D eigenvalue weighted by Gasteiger charge is 2.37. The third-order valence-electron chi connectivity index (χ3n) is 3.68. The smallest absolute Gasteiger partial charge is 0.304 e. The van der Waals surface area contributed by atoms with E-state index in [4.69, 9.17) is 5.11 Å². The Morgan fingerprint density at radius 1 is 1.39 bits per heavy atom. The van der Waals surface area contributed by atoms with Crippen LogP contribution in [0.4, 0.5) is 0 Å². The van der Waals surface area contributed by atoms with E-state index in [9.17, 15) is 13.2 Å². The van der Waals surface area contributed by atoms with E-state index in [1.54, 1.807) is 6.07 Å². The monoisotopic (exact) mass is 337 g/mol. The summed E-state index contributed by atoms with van der Waals surface area (Å²) >= 11 is 0. The zero-order valence-electron chi connectivity index (χ0n) is 12.1. The SMILES string of the molecule is O=C(O)C[C@H](Cc1ccc(S(=O)(=O)C2CC2)nc1)c1nn[nH]n1. The van der Waals surface area contributed by atoms with Gasteiger partial charge in [-0.05, 0) is 30.9 Å². The minimum atomic E-state index is -3.32. The van der Waals surface area contributed by atoms with E-state index in [0.29, 0.717) is 25.1 Å². The van der Waals surface area contributed by atoms with Crippen molar-refractivity contribution in [3.63, 3.8) is 0 Å². The summed E-state index contributed by atoms with van der Waals surface area (Å²) in [5.41, 5.74) is 0.718. The fourth-order valence-corrected chi connectivity index (χ4v) is 3.90. The maximum absolute atomic E-state index is 12.1. The predicted octanol–water partition coefficient (Wildman–Crippen LogP) is 0.332. The molecule has 0 radical (unpaired) electrons. The molecule has 0 aliphatic heterocycles. The van der Waals surface area contributed by atoms with Crippen LogP contribution in [0.15, 0.2) is 23.4 Å². The van der Waals surface area contributed by atoms with E-state index in [1.807, 2.05) is 0 Å². The molecule has 1 aliphatic carbocycles. The third-order valence-corrected chi connectivity index (χ3v) is 5.86. The van der Waals surface area contributed by atoms with Crippen LogP contribution in [0.3, 0.4) is 0 Å². The number of tetrazole rings is 1. The summed E-state index contributed by atoms with van der Waals surface area (Å²) in [7, 11) is -3.32. The van der Waals surface area contributed by atoms with Crippen LogP contribution in [-0.4, -0.2) is 50.4 Å². The molecule has 3 rings (SSSR count). The first-order valence-electron chi connectivity index (χ1n) is 7.11. The Balaban J connectivity index is 1.77. The number of carbonyl (C=O) groups is 1. The number of hydrogen-bond acceptors (Lipinski definition) is 7. The Kier molecular flexibility index (Phi) is 4.07. The highest BCUT2D eigenvalue weighted by Crippen LogP contribution is 2.32. The summed E-state index contributed by atoms with van der Waals surface area (Å²) in [4.78, 5) is 15.0. The van der Waals surface area contributed by atoms with Crippen LogP contribution in [0.5, 0.6) is 0 Å². The molecule has 1 atom stereocenters. The second kappa shape index (κ2) is 6.03. The van der Waals surface area contributed by atoms with Gasteiger partial charge in [0.2, 0.25) is 0 Å². The summed E-state index contributed by atoms with van der Waals surface area (Å²) in [6, 6.07) is 3.12. The van der Waals surface area contributed by atoms with Gasteiger partial charge in [-0.2, -0.15) is 5.21 Å². The van der Waals surface area contributed by atoms with Gasteiger partial charge in [0.15, 0.2) is 20.7 Å². The van der Waals surface area contributed by atoms with Gasteiger partial charge in [-0.15, -0.1) is 10.2 Å². The van der Waals surface area contributed by atoms with Crippen LogP contribution < -0.4 is 0 Å². The molecule has 0 amide bonds. The number of H-pyrrole nitrogens is 1. The molecule has 2 heterocycles. The molecule has 9 nitrogen and oxygen atoms in total. The summed E-state index contributed by atoms with van der Waals surface area (Å²) in [5.74, 6) is -1.12. The lowest BCUT2D eigenvalue weighted by Crippen LogP contribution is -2.12. The molecule has 1 fully saturated rings. The lowest BCUT2D eigenvalue weighted by atomic mass is 9.96. The van der Waals surface area contributed by atoms with Crippen LogP contribution in [0.25, 0.3) is 0 Å². The third kappa shape index (κ3) is 3.52. The van der Waals surface area contributed by atoms with Crippen LogP contribution in [0, 0.1) is 0 Å². The zero-order valence-corrected chi connectivity index (χ0v) is 12.9. The molecule has 1 saturated carbocycles. The minimum absolute atomic E-state index is 0.0677. The Morgan fingerprint density at radius 2 is 2.17 bits per heavy atom. The van der Waals surface area contributed by atoms with Gasteiger partial charge in [0, 0.05) is 12.1 Å². The first-order valence-corrected chi connectivity index (χ1v) is 8.65. The number of sulfone groups is 1. The van der Waals surface area contributed by atoms with E-state index >= 15 is 0 Å². The summed E-state index contributed by atoms with van der Waals surface area (Å²) < 4.78 is 24.2. The molecule has 0 aromatic carbocycles. The van der Waals surface area contributed by atoms with Gasteiger partial charge in [-0.3, -0.25) is 4.79 Å². The van der Waals surface area contributed by atoms with Crippen molar-refractivity contribution < 1.29 is 18.3 Å². The Bertz CT molecular complexity index is 784. The number of nitrogens with one attached hydrogen (secondary N) is 1. The lowest BCUT2D eigenvalue weighted by Gasteiger charge is -2.11. The number of rotatable bonds is 7. The van der Waals surface area contributed by atoms with E-state index < -0.39 is 21.7 Å². The average molecular weight is 337 g/mol. The van der Waals surface area contributed by atoms with E-state index in [-0.39, 0.29) is 16.7 Å². The highest BCUT2D eigenvalue weighted by atomic mass is 32.2. The molecule has 0 spiro atoms. The number of aromatic nitrogens is 5. The predicted molar refractivity (Wildman–Crippen MR) is 77.3 cm³/mol. The fourth-order valence-electron chi connectivity index (χ4n) is 2.34. The normalized spacial score (nSPS) is 16.2. The van der Waals surface area contributed by atoms with Crippen molar-refractivity contribution in [3.05, 3.63) is 29.7 Å². The fraction of sp³-hybridized carbons (Fsp3) is 0.462. The van der Waals surface area contributed by atoms with Crippen LogP contribution in [-0.2, 0) is 21.1 Å². The Hall–Kier alpha value is -2.36. The number of aromatic amines is 1. The summed E-state index contributed by atoms with van der Waals surface area (Å²) in [6.07, 6.45) is 3.02. The number of aliphatic carboxylic acids is 1. The van der Waals surface area contributed by atoms with Crippen molar-refractivity contribution in [3.8, 4) is 0 Å². The van der Waals surface area contributed by atoms with E-state index in [1.165, 1.54) is 12.3 Å². The van der Waals surface area contributed by atoms with Crippen molar-refractivity contribution >= 4 is 15.8 Å². The highest BCUT2D eigenvalue weighted by molar-refractivity contribution is 7.92. The van der Waals surface area contributed by atoms with Crippen LogP contribution in [0.2, 0.25) is 0 Å². The maximum atomic E-state index is 12.1. The molecule has 23 heavy (non-hydrogen) atoms. The van der Waals surface area contributed by atoms with Crippen LogP contribution >= 0.6 is 0 Å². The number of carboxylic acids is 1. The van der Waals surface area contributed by atoms with Gasteiger partial charge in [0.25, 0.3) is 0 Å². The lowest BCUT2D eigenvalue weighted by molar-refractivity contribution is -0.137. The van der Waals surface area contributed by atoms with Crippen molar-refractivity contribution in [1.82, 2.24) is 25.6 Å². The first-order chi connectivity index (χ1) is 11.0. The zero-order chi connectivity index (χ0) is 16.4. The molecular formula is C13H15N5O4S. The standard InChI is InChI=1S/C13H15N5O4S/c19-12(20)6-9(13-15-17-18-16-13)5-8-1-4-11(14-7-8)23(21,22)10-2-3-10/h1,4,7,9-10H,2-3,5-6H2,(H,19,20)(H,15,16,17,18)/t9-/m0/s1. The van der Waals surface area contributed by atoms with Crippen molar-refractivity contribution in [2.75, 3.05) is 0 Å². The molecule has 10 heteroatoms. The number of pyridine rings is 1. The number of nitrogens with zero attached hydrogens (tertiary/aromatic N) is 4. The molecule has 0 saturated heterocycles. The molecule has 0 unspecified atom stereocenters. The maximum Gasteiger partial charge on any atom is 0.304 e. The van der Waals surface area contributed by atoms with Crippen molar-refractivity contribution in [1.29, 1.82) is 0 Å². The second-order valence-corrected chi connectivity index (χ2v) is 7.69. The number of hydrogen-bond donors (Lipinski definition) is 2.